The van der Waals surface area contributed by atoms with Gasteiger partial charge in [-0.2, -0.15) is 0 Å². The second-order valence-electron chi connectivity index (χ2n) is 4.92. The molecule has 0 aliphatic carbocycles. The molecule has 0 unspecified atom stereocenters. The second-order valence-corrected chi connectivity index (χ2v) is 8.07. The molecule has 0 saturated heterocycles. The zero-order valence-electron chi connectivity index (χ0n) is 14.1. The quantitative estimate of drug-likeness (QED) is 0.623. The number of carbonyl (C=O) groups excluding carboxylic acids is 2. The maximum absolute atomic E-state index is 12.5. The second kappa shape index (κ2) is 8.68. The molecule has 0 atom stereocenters. The van der Waals surface area contributed by atoms with Gasteiger partial charge in [0.25, 0.3) is 10.0 Å². The zero-order chi connectivity index (χ0) is 19.2. The molecule has 0 amide bonds. The first-order valence-corrected chi connectivity index (χ1v) is 9.64. The summed E-state index contributed by atoms with van der Waals surface area (Å²) in [4.78, 5) is 22.3. The summed E-state index contributed by atoms with van der Waals surface area (Å²) in [7, 11) is -0.974. The maximum Gasteiger partial charge on any atom is 0.344 e. The van der Waals surface area contributed by atoms with Gasteiger partial charge in [0, 0.05) is 7.05 Å². The van der Waals surface area contributed by atoms with Crippen LogP contribution in [0.5, 0.6) is 5.75 Å². The lowest BCUT2D eigenvalue weighted by atomic mass is 10.3. The number of hydrogen-bond acceptors (Lipinski definition) is 8. The van der Waals surface area contributed by atoms with Crippen molar-refractivity contribution in [2.45, 2.75) is 4.21 Å². The van der Waals surface area contributed by atoms with Gasteiger partial charge in [0.15, 0.2) is 13.2 Å². The van der Waals surface area contributed by atoms with Crippen LogP contribution >= 0.6 is 11.3 Å². The van der Waals surface area contributed by atoms with Gasteiger partial charge in [-0.05, 0) is 35.7 Å². The van der Waals surface area contributed by atoms with Crippen molar-refractivity contribution in [3.63, 3.8) is 0 Å². The van der Waals surface area contributed by atoms with Gasteiger partial charge in [-0.3, -0.25) is 4.31 Å². The predicted octanol–water partition coefficient (Wildman–Crippen LogP) is 1.67. The van der Waals surface area contributed by atoms with Crippen LogP contribution in [0.2, 0.25) is 0 Å². The molecule has 1 heterocycles. The molecular formula is C16H17NO7S2. The summed E-state index contributed by atoms with van der Waals surface area (Å²) < 4.78 is 40.5. The first-order chi connectivity index (χ1) is 12.3. The summed E-state index contributed by atoms with van der Waals surface area (Å²) in [6, 6.07) is 9.38. The first-order valence-electron chi connectivity index (χ1n) is 7.32. The van der Waals surface area contributed by atoms with E-state index in [1.807, 2.05) is 0 Å². The van der Waals surface area contributed by atoms with E-state index in [0.29, 0.717) is 11.4 Å². The highest BCUT2D eigenvalue weighted by atomic mass is 32.2. The van der Waals surface area contributed by atoms with Gasteiger partial charge >= 0.3 is 11.9 Å². The van der Waals surface area contributed by atoms with E-state index in [1.165, 1.54) is 32.4 Å². The van der Waals surface area contributed by atoms with Crippen LogP contribution in [-0.2, 0) is 29.1 Å². The Kier molecular flexibility index (Phi) is 6.58. The lowest BCUT2D eigenvalue weighted by molar-refractivity contribution is -0.158. The van der Waals surface area contributed by atoms with Crippen LogP contribution in [0.15, 0.2) is 46.0 Å². The number of carbonyl (C=O) groups is 2. The molecule has 10 heteroatoms. The van der Waals surface area contributed by atoms with E-state index in [4.69, 9.17) is 4.74 Å². The Morgan fingerprint density at radius 1 is 1.08 bits per heavy atom. The highest BCUT2D eigenvalue weighted by Gasteiger charge is 2.22. The average molecular weight is 399 g/mol. The third kappa shape index (κ3) is 4.96. The van der Waals surface area contributed by atoms with Gasteiger partial charge in [-0.1, -0.05) is 6.07 Å². The first kappa shape index (κ1) is 19.7. The fourth-order valence-electron chi connectivity index (χ4n) is 1.82. The Bertz CT molecular complexity index is 845. The molecule has 0 bridgehead atoms. The zero-order valence-corrected chi connectivity index (χ0v) is 15.7. The normalized spacial score (nSPS) is 10.8. The van der Waals surface area contributed by atoms with E-state index < -0.39 is 28.6 Å². The largest absolute Gasteiger partial charge is 0.482 e. The van der Waals surface area contributed by atoms with Gasteiger partial charge in [0.05, 0.1) is 12.8 Å². The number of esters is 2. The summed E-state index contributed by atoms with van der Waals surface area (Å²) in [5, 5.41) is 1.69. The van der Waals surface area contributed by atoms with Crippen LogP contribution in [0.25, 0.3) is 0 Å². The van der Waals surface area contributed by atoms with Crippen LogP contribution in [0, 0.1) is 0 Å². The molecule has 0 aliphatic rings. The SMILES string of the molecule is COC(=O)COC(=O)COc1ccc(N(C)S(=O)(=O)c2cccs2)cc1. The van der Waals surface area contributed by atoms with Gasteiger partial charge in [0.2, 0.25) is 0 Å². The number of anilines is 1. The monoisotopic (exact) mass is 399 g/mol. The number of nitrogens with zero attached hydrogens (tertiary/aromatic N) is 1. The Balaban J connectivity index is 1.94. The van der Waals surface area contributed by atoms with Crippen molar-refractivity contribution in [1.82, 2.24) is 0 Å². The molecule has 0 saturated carbocycles. The minimum absolute atomic E-state index is 0.244. The molecule has 2 aromatic rings. The number of sulfonamides is 1. The fourth-order valence-corrected chi connectivity index (χ4v) is 4.18. The number of rotatable bonds is 8. The van der Waals surface area contributed by atoms with E-state index in [-0.39, 0.29) is 10.8 Å². The van der Waals surface area contributed by atoms with Crippen LogP contribution < -0.4 is 9.04 Å². The Morgan fingerprint density at radius 2 is 1.77 bits per heavy atom. The van der Waals surface area contributed by atoms with Crippen LogP contribution in [0.1, 0.15) is 0 Å². The highest BCUT2D eigenvalue weighted by Crippen LogP contribution is 2.26. The molecule has 1 aromatic carbocycles. The van der Waals surface area contributed by atoms with Crippen molar-refractivity contribution in [3.05, 3.63) is 41.8 Å². The Labute approximate surface area is 155 Å². The predicted molar refractivity (Wildman–Crippen MR) is 94.8 cm³/mol. The summed E-state index contributed by atoms with van der Waals surface area (Å²) in [6.07, 6.45) is 0. The number of benzene rings is 1. The van der Waals surface area contributed by atoms with E-state index in [9.17, 15) is 18.0 Å². The van der Waals surface area contributed by atoms with Crippen LogP contribution in [-0.4, -0.2) is 47.7 Å². The smallest absolute Gasteiger partial charge is 0.344 e. The lowest BCUT2D eigenvalue weighted by Gasteiger charge is -2.18. The standard InChI is InChI=1S/C16H17NO7S2/c1-17(26(20,21)16-4-3-9-25-16)12-5-7-13(8-6-12)23-11-15(19)24-10-14(18)22-2/h3-9H,10-11H2,1-2H3. The fraction of sp³-hybridized carbons (Fsp3) is 0.250. The molecule has 140 valence electrons. The molecule has 26 heavy (non-hydrogen) atoms. The molecule has 0 fully saturated rings. The summed E-state index contributed by atoms with van der Waals surface area (Å²) in [5.74, 6) is -1.04. The molecule has 8 nitrogen and oxygen atoms in total. The van der Waals surface area contributed by atoms with Gasteiger partial charge in [0.1, 0.15) is 9.96 Å². The third-order valence-corrected chi connectivity index (χ3v) is 6.40. The van der Waals surface area contributed by atoms with Crippen molar-refractivity contribution >= 4 is 39.0 Å². The summed E-state index contributed by atoms with van der Waals surface area (Å²) >= 11 is 1.14. The van der Waals surface area contributed by atoms with Crippen LogP contribution in [0.3, 0.4) is 0 Å². The number of methoxy groups -OCH3 is 1. The van der Waals surface area contributed by atoms with Gasteiger partial charge in [-0.15, -0.1) is 11.3 Å². The van der Waals surface area contributed by atoms with E-state index in [1.54, 1.807) is 23.6 Å². The van der Waals surface area contributed by atoms with Gasteiger partial charge in [-0.25, -0.2) is 18.0 Å². The number of hydrogen-bond donors (Lipinski definition) is 0. The van der Waals surface area contributed by atoms with Crippen molar-refractivity contribution in [3.8, 4) is 5.75 Å². The molecule has 0 radical (unpaired) electrons. The third-order valence-electron chi connectivity index (χ3n) is 3.25. The minimum atomic E-state index is -3.61. The van der Waals surface area contributed by atoms with E-state index in [0.717, 1.165) is 15.6 Å². The average Bonchev–Trinajstić information content (AvgIpc) is 3.19. The van der Waals surface area contributed by atoms with Crippen molar-refractivity contribution < 1.29 is 32.2 Å². The minimum Gasteiger partial charge on any atom is -0.482 e. The van der Waals surface area contributed by atoms with Gasteiger partial charge < -0.3 is 14.2 Å². The van der Waals surface area contributed by atoms with Crippen molar-refractivity contribution in [2.24, 2.45) is 0 Å². The number of thiophene rings is 1. The van der Waals surface area contributed by atoms with Crippen molar-refractivity contribution in [2.75, 3.05) is 31.7 Å². The van der Waals surface area contributed by atoms with E-state index in [2.05, 4.69) is 9.47 Å². The lowest BCUT2D eigenvalue weighted by Crippen LogP contribution is -2.25. The number of ether oxygens (including phenoxy) is 3. The molecule has 0 N–H and O–H groups in total. The Morgan fingerprint density at radius 3 is 2.35 bits per heavy atom. The summed E-state index contributed by atoms with van der Waals surface area (Å²) in [6.45, 7) is -0.872. The summed E-state index contributed by atoms with van der Waals surface area (Å²) in [5.41, 5.74) is 0.444. The molecule has 2 rings (SSSR count). The molecule has 0 spiro atoms. The topological polar surface area (TPSA) is 99.2 Å². The Hall–Kier alpha value is -2.59. The van der Waals surface area contributed by atoms with Crippen LogP contribution in [0.4, 0.5) is 5.69 Å². The molecule has 0 aliphatic heterocycles. The van der Waals surface area contributed by atoms with E-state index >= 15 is 0 Å². The van der Waals surface area contributed by atoms with Crippen molar-refractivity contribution in [1.29, 1.82) is 0 Å². The molecule has 1 aromatic heterocycles. The maximum atomic E-state index is 12.5. The molecular weight excluding hydrogens is 382 g/mol. The highest BCUT2D eigenvalue weighted by molar-refractivity contribution is 7.94.